The SMILES string of the molecule is CO/C(C=O)=C/C(Br)=C\NN. The molecule has 0 radical (unpaired) electrons. The molecule has 0 bridgehead atoms. The predicted molar refractivity (Wildman–Crippen MR) is 45.5 cm³/mol. The van der Waals surface area contributed by atoms with Gasteiger partial charge in [-0.1, -0.05) is 0 Å². The molecule has 0 aromatic carbocycles. The van der Waals surface area contributed by atoms with Gasteiger partial charge >= 0.3 is 0 Å². The topological polar surface area (TPSA) is 64.3 Å². The third-order valence-corrected chi connectivity index (χ3v) is 1.31. The van der Waals surface area contributed by atoms with Crippen LogP contribution in [0.2, 0.25) is 0 Å². The number of rotatable bonds is 4. The van der Waals surface area contributed by atoms with Crippen molar-refractivity contribution in [2.45, 2.75) is 0 Å². The number of aldehydes is 1. The Morgan fingerprint density at radius 1 is 1.73 bits per heavy atom. The zero-order valence-electron chi connectivity index (χ0n) is 6.00. The number of hydrazine groups is 1. The summed E-state index contributed by atoms with van der Waals surface area (Å²) >= 11 is 3.12. The number of hydrogen-bond acceptors (Lipinski definition) is 4. The summed E-state index contributed by atoms with van der Waals surface area (Å²) in [6, 6.07) is 0. The molecule has 0 unspecified atom stereocenters. The van der Waals surface area contributed by atoms with Crippen LogP contribution in [0.15, 0.2) is 22.5 Å². The summed E-state index contributed by atoms with van der Waals surface area (Å²) < 4.78 is 5.30. The van der Waals surface area contributed by atoms with Gasteiger partial charge in [0.15, 0.2) is 12.0 Å². The summed E-state index contributed by atoms with van der Waals surface area (Å²) in [7, 11) is 1.41. The first-order valence-electron chi connectivity index (χ1n) is 2.77. The first-order valence-corrected chi connectivity index (χ1v) is 3.56. The molecule has 0 fully saturated rings. The van der Waals surface area contributed by atoms with E-state index in [-0.39, 0.29) is 5.76 Å². The van der Waals surface area contributed by atoms with Gasteiger partial charge in [-0.05, 0) is 22.0 Å². The number of methoxy groups -OCH3 is 1. The molecule has 0 aliphatic rings. The Labute approximate surface area is 73.2 Å². The smallest absolute Gasteiger partial charge is 0.184 e. The Balaban J connectivity index is 4.25. The van der Waals surface area contributed by atoms with Gasteiger partial charge in [-0.25, -0.2) is 0 Å². The molecule has 0 aliphatic carbocycles. The van der Waals surface area contributed by atoms with E-state index < -0.39 is 0 Å². The summed E-state index contributed by atoms with van der Waals surface area (Å²) in [6.07, 6.45) is 3.57. The molecule has 5 heteroatoms. The van der Waals surface area contributed by atoms with Crippen LogP contribution in [-0.4, -0.2) is 13.4 Å². The summed E-state index contributed by atoms with van der Waals surface area (Å²) in [6.45, 7) is 0. The van der Waals surface area contributed by atoms with Crippen molar-refractivity contribution in [2.75, 3.05) is 7.11 Å². The molecule has 4 nitrogen and oxygen atoms in total. The van der Waals surface area contributed by atoms with Crippen LogP contribution < -0.4 is 11.3 Å². The highest BCUT2D eigenvalue weighted by molar-refractivity contribution is 9.11. The highest BCUT2D eigenvalue weighted by Crippen LogP contribution is 2.07. The van der Waals surface area contributed by atoms with Crippen LogP contribution >= 0.6 is 15.9 Å². The third kappa shape index (κ3) is 4.58. The normalized spacial score (nSPS) is 12.6. The van der Waals surface area contributed by atoms with E-state index in [1.807, 2.05) is 0 Å². The summed E-state index contributed by atoms with van der Waals surface area (Å²) in [5, 5.41) is 0. The first-order chi connectivity index (χ1) is 5.24. The number of nitrogens with two attached hydrogens (primary N) is 1. The zero-order chi connectivity index (χ0) is 8.69. The molecule has 0 atom stereocenters. The van der Waals surface area contributed by atoms with E-state index >= 15 is 0 Å². The summed E-state index contributed by atoms with van der Waals surface area (Å²) in [5.74, 6) is 5.20. The van der Waals surface area contributed by atoms with Crippen molar-refractivity contribution in [1.29, 1.82) is 0 Å². The predicted octanol–water partition coefficient (Wildman–Crippen LogP) is 0.415. The molecule has 0 aromatic rings. The molecule has 0 aromatic heterocycles. The molecular formula is C6H9BrN2O2. The molecule has 3 N–H and O–H groups in total. The van der Waals surface area contributed by atoms with Crippen LogP contribution in [0.4, 0.5) is 0 Å². The molecule has 11 heavy (non-hydrogen) atoms. The lowest BCUT2D eigenvalue weighted by Gasteiger charge is -1.95. The second-order valence-electron chi connectivity index (χ2n) is 1.56. The Morgan fingerprint density at radius 3 is 2.73 bits per heavy atom. The van der Waals surface area contributed by atoms with Gasteiger partial charge < -0.3 is 10.2 Å². The van der Waals surface area contributed by atoms with Crippen LogP contribution in [0, 0.1) is 0 Å². The fraction of sp³-hybridized carbons (Fsp3) is 0.167. The first kappa shape index (κ1) is 10.2. The van der Waals surface area contributed by atoms with Gasteiger partial charge in [0, 0.05) is 10.7 Å². The number of carbonyl (C=O) groups excluding carboxylic acids is 1. The molecule has 0 spiro atoms. The van der Waals surface area contributed by atoms with Crippen LogP contribution in [0.3, 0.4) is 0 Å². The molecule has 0 amide bonds. The van der Waals surface area contributed by atoms with Gasteiger partial charge in [0.2, 0.25) is 0 Å². The van der Waals surface area contributed by atoms with Crippen molar-refractivity contribution in [2.24, 2.45) is 5.84 Å². The van der Waals surface area contributed by atoms with Crippen LogP contribution in [0.1, 0.15) is 0 Å². The van der Waals surface area contributed by atoms with Crippen molar-refractivity contribution in [3.05, 3.63) is 22.5 Å². The van der Waals surface area contributed by atoms with E-state index in [4.69, 9.17) is 5.84 Å². The van der Waals surface area contributed by atoms with Crippen LogP contribution in [-0.2, 0) is 9.53 Å². The van der Waals surface area contributed by atoms with Gasteiger partial charge in [-0.3, -0.25) is 10.6 Å². The quantitative estimate of drug-likeness (QED) is 0.180. The van der Waals surface area contributed by atoms with E-state index in [1.54, 1.807) is 0 Å². The van der Waals surface area contributed by atoms with Gasteiger partial charge in [-0.15, -0.1) is 0 Å². The molecule has 0 saturated heterocycles. The fourth-order valence-corrected chi connectivity index (χ4v) is 0.756. The van der Waals surface area contributed by atoms with E-state index in [0.717, 1.165) is 0 Å². The fourth-order valence-electron chi connectivity index (χ4n) is 0.398. The minimum Gasteiger partial charge on any atom is -0.493 e. The van der Waals surface area contributed by atoms with Crippen molar-refractivity contribution in [1.82, 2.24) is 5.43 Å². The Hall–Kier alpha value is -0.810. The summed E-state index contributed by atoms with van der Waals surface area (Å²) in [4.78, 5) is 10.2. The number of carbonyl (C=O) groups is 1. The van der Waals surface area contributed by atoms with Gasteiger partial charge in [0.25, 0.3) is 0 Å². The Morgan fingerprint density at radius 2 is 2.36 bits per heavy atom. The number of ether oxygens (including phenoxy) is 1. The van der Waals surface area contributed by atoms with Crippen LogP contribution in [0.5, 0.6) is 0 Å². The maximum absolute atomic E-state index is 10.2. The maximum atomic E-state index is 10.2. The van der Waals surface area contributed by atoms with Gasteiger partial charge in [0.05, 0.1) is 7.11 Å². The van der Waals surface area contributed by atoms with Crippen LogP contribution in [0.25, 0.3) is 0 Å². The lowest BCUT2D eigenvalue weighted by Crippen LogP contribution is -2.13. The molecule has 0 saturated carbocycles. The van der Waals surface area contributed by atoms with E-state index in [1.165, 1.54) is 19.4 Å². The van der Waals surface area contributed by atoms with Gasteiger partial charge in [-0.2, -0.15) is 0 Å². The highest BCUT2D eigenvalue weighted by atomic mass is 79.9. The van der Waals surface area contributed by atoms with Crippen molar-refractivity contribution >= 4 is 22.2 Å². The molecule has 62 valence electrons. The highest BCUT2D eigenvalue weighted by Gasteiger charge is 1.92. The monoisotopic (exact) mass is 220 g/mol. The Bertz CT molecular complexity index is 189. The average molecular weight is 221 g/mol. The lowest BCUT2D eigenvalue weighted by atomic mass is 10.4. The minimum absolute atomic E-state index is 0.225. The van der Waals surface area contributed by atoms with E-state index in [9.17, 15) is 4.79 Å². The largest absolute Gasteiger partial charge is 0.493 e. The number of halogens is 1. The second-order valence-corrected chi connectivity index (χ2v) is 2.48. The zero-order valence-corrected chi connectivity index (χ0v) is 7.59. The van der Waals surface area contributed by atoms with E-state index in [0.29, 0.717) is 10.8 Å². The van der Waals surface area contributed by atoms with Crippen molar-refractivity contribution in [3.8, 4) is 0 Å². The molecular weight excluding hydrogens is 212 g/mol. The molecule has 0 rings (SSSR count). The second kappa shape index (κ2) is 5.94. The lowest BCUT2D eigenvalue weighted by molar-refractivity contribution is -0.107. The molecule has 0 heterocycles. The van der Waals surface area contributed by atoms with Crippen molar-refractivity contribution < 1.29 is 9.53 Å². The Kier molecular flexibility index (Phi) is 5.50. The van der Waals surface area contributed by atoms with Gasteiger partial charge in [0.1, 0.15) is 0 Å². The standard InChI is InChI=1S/C6H9BrN2O2/c1-11-6(4-10)2-5(7)3-9-8/h2-4,9H,8H2,1H3/b5-3+,6-2+. The number of hydrogen-bond donors (Lipinski definition) is 2. The summed E-state index contributed by atoms with van der Waals surface area (Å²) in [5.41, 5.74) is 2.30. The maximum Gasteiger partial charge on any atom is 0.184 e. The number of allylic oxidation sites excluding steroid dienone is 3. The number of nitrogens with one attached hydrogen (secondary N) is 1. The molecule has 0 aliphatic heterocycles. The third-order valence-electron chi connectivity index (χ3n) is 0.853. The van der Waals surface area contributed by atoms with Crippen molar-refractivity contribution in [3.63, 3.8) is 0 Å². The minimum atomic E-state index is 0.225. The average Bonchev–Trinajstić information content (AvgIpc) is 2.01. The van der Waals surface area contributed by atoms with E-state index in [2.05, 4.69) is 26.1 Å².